The van der Waals surface area contributed by atoms with Gasteiger partial charge in [0.25, 0.3) is 6.10 Å². The van der Waals surface area contributed by atoms with Crippen LogP contribution in [-0.2, 0) is 4.74 Å². The quantitative estimate of drug-likeness (QED) is 0.151. The third-order valence-corrected chi connectivity index (χ3v) is 2.90. The molecule has 0 saturated carbocycles. The lowest BCUT2D eigenvalue weighted by Crippen LogP contribution is -2.90. The Morgan fingerprint density at radius 2 is 1.12 bits per heavy atom. The van der Waals surface area contributed by atoms with Gasteiger partial charge in [0.2, 0.25) is 0 Å². The van der Waals surface area contributed by atoms with Crippen LogP contribution in [0.2, 0.25) is 0 Å². The molecule has 0 radical (unpaired) electrons. The summed E-state index contributed by atoms with van der Waals surface area (Å²) < 4.78 is 77.0. The molecule has 1 heterocycles. The van der Waals surface area contributed by atoms with E-state index in [1.807, 2.05) is 0 Å². The Morgan fingerprint density at radius 1 is 0.808 bits per heavy atom. The number of aliphatic hydroxyl groups is 8. The highest BCUT2D eigenvalue weighted by molar-refractivity contribution is 5.69. The van der Waals surface area contributed by atoms with Crippen molar-refractivity contribution in [2.75, 3.05) is 0 Å². The maximum Gasteiger partial charge on any atom is 0.434 e. The zero-order valence-electron chi connectivity index (χ0n) is 11.7. The van der Waals surface area contributed by atoms with Crippen molar-refractivity contribution in [2.24, 2.45) is 0 Å². The Labute approximate surface area is 136 Å². The van der Waals surface area contributed by atoms with E-state index < -0.39 is 53.1 Å². The van der Waals surface area contributed by atoms with Gasteiger partial charge in [-0.15, -0.1) is 0 Å². The lowest BCUT2D eigenvalue weighted by molar-refractivity contribution is -0.554. The van der Waals surface area contributed by atoms with Gasteiger partial charge >= 0.3 is 42.1 Å². The summed E-state index contributed by atoms with van der Waals surface area (Å²) in [6, 6.07) is 0. The molecule has 0 aromatic rings. The van der Waals surface area contributed by atoms with Crippen LogP contribution < -0.4 is 5.32 Å². The molecule has 26 heavy (non-hydrogen) atoms. The molecule has 1 aliphatic heterocycles. The fourth-order valence-electron chi connectivity index (χ4n) is 1.67. The van der Waals surface area contributed by atoms with Crippen LogP contribution in [0.25, 0.3) is 0 Å². The number of rotatable bonds is 1. The second-order valence-corrected chi connectivity index (χ2v) is 4.92. The average Bonchev–Trinajstić information content (AvgIpc) is 2.29. The van der Waals surface area contributed by atoms with E-state index in [2.05, 4.69) is 4.74 Å². The summed E-state index contributed by atoms with van der Waals surface area (Å²) in [4.78, 5) is 9.70. The largest absolute Gasteiger partial charge is 0.434 e. The first-order chi connectivity index (χ1) is 11.1. The number of ether oxygens (including phenoxy) is 1. The normalized spacial score (nSPS) is 24.5. The first-order valence-electron chi connectivity index (χ1n) is 5.81. The van der Waals surface area contributed by atoms with Crippen LogP contribution in [-0.4, -0.2) is 93.9 Å². The Bertz CT molecular complexity index is 533. The first kappa shape index (κ1) is 22.5. The van der Waals surface area contributed by atoms with Gasteiger partial charge in [0.05, 0.1) is 0 Å². The topological polar surface area (TPSA) is 203 Å². The number of amides is 1. The van der Waals surface area contributed by atoms with Crippen LogP contribution in [0.4, 0.5) is 31.1 Å². The molecule has 0 unspecified atom stereocenters. The van der Waals surface area contributed by atoms with Crippen LogP contribution >= 0.6 is 0 Å². The summed E-state index contributed by atoms with van der Waals surface area (Å²) in [6.07, 6.45) is -20.9. The monoisotopic (exact) mass is 408 g/mol. The van der Waals surface area contributed by atoms with Gasteiger partial charge in [-0.25, -0.2) is 10.1 Å². The van der Waals surface area contributed by atoms with Crippen molar-refractivity contribution in [1.82, 2.24) is 10.2 Å². The van der Waals surface area contributed by atoms with Gasteiger partial charge in [-0.3, -0.25) is 0 Å². The number of nitrogens with zero attached hydrogens (tertiary/aromatic N) is 1. The van der Waals surface area contributed by atoms with Crippen molar-refractivity contribution in [3.63, 3.8) is 0 Å². The van der Waals surface area contributed by atoms with Gasteiger partial charge in [0.15, 0.2) is 0 Å². The molecule has 1 amide bonds. The minimum atomic E-state index is -6.34. The van der Waals surface area contributed by atoms with Crippen molar-refractivity contribution in [3.8, 4) is 0 Å². The van der Waals surface area contributed by atoms with Crippen LogP contribution in [0.3, 0.4) is 0 Å². The maximum atomic E-state index is 12.4. The highest BCUT2D eigenvalue weighted by Gasteiger charge is 2.75. The lowest BCUT2D eigenvalue weighted by atomic mass is 10.1. The first-order valence-corrected chi connectivity index (χ1v) is 5.81. The molecule has 0 aliphatic carbocycles. The minimum absolute atomic E-state index is 0.539. The van der Waals surface area contributed by atoms with Crippen molar-refractivity contribution in [2.45, 2.75) is 42.1 Å². The second-order valence-electron chi connectivity index (χ2n) is 4.92. The van der Waals surface area contributed by atoms with Gasteiger partial charge in [0.1, 0.15) is 0 Å². The molecule has 154 valence electrons. The minimum Gasteiger partial charge on any atom is -0.426 e. The van der Waals surface area contributed by atoms with Crippen LogP contribution in [0.15, 0.2) is 0 Å². The van der Waals surface area contributed by atoms with Gasteiger partial charge in [0, 0.05) is 0 Å². The molecule has 9 N–H and O–H groups in total. The number of piperazine rings is 1. The van der Waals surface area contributed by atoms with Crippen molar-refractivity contribution in [1.29, 1.82) is 0 Å². The number of hydrogen-bond acceptors (Lipinski definition) is 11. The average molecular weight is 408 g/mol. The lowest BCUT2D eigenvalue weighted by Gasteiger charge is -2.55. The summed E-state index contributed by atoms with van der Waals surface area (Å²) in [7, 11) is 0. The number of alkyl halides is 6. The molecule has 1 rings (SSSR count). The fourth-order valence-corrected chi connectivity index (χ4v) is 1.67. The summed E-state index contributed by atoms with van der Waals surface area (Å²) in [6.45, 7) is 0. The molecule has 12 nitrogen and oxygen atoms in total. The van der Waals surface area contributed by atoms with Crippen LogP contribution in [0, 0.1) is 0 Å². The molecular weight excluding hydrogens is 398 g/mol. The van der Waals surface area contributed by atoms with Gasteiger partial charge in [-0.1, -0.05) is 0 Å². The molecule has 1 aliphatic rings. The van der Waals surface area contributed by atoms with Crippen LogP contribution in [0.1, 0.15) is 0 Å². The van der Waals surface area contributed by atoms with E-state index in [1.165, 1.54) is 0 Å². The Kier molecular flexibility index (Phi) is 4.98. The van der Waals surface area contributed by atoms with E-state index in [0.717, 1.165) is 0 Å². The van der Waals surface area contributed by atoms with E-state index in [1.54, 1.807) is 0 Å². The molecule has 1 fully saturated rings. The zero-order valence-corrected chi connectivity index (χ0v) is 11.7. The van der Waals surface area contributed by atoms with E-state index in [0.29, 0.717) is 5.32 Å². The molecular formula is C8H10F6N2O10. The smallest absolute Gasteiger partial charge is 0.426 e. The Hall–Kier alpha value is -1.51. The maximum absolute atomic E-state index is 12.4. The summed E-state index contributed by atoms with van der Waals surface area (Å²) >= 11 is 0. The molecule has 0 aromatic carbocycles. The fraction of sp³-hybridized carbons (Fsp3) is 0.875. The number of carbonyl (C=O) groups is 1. The number of nitrogens with one attached hydrogen (secondary N) is 1. The number of carbonyl (C=O) groups excluding carboxylic acids is 1. The molecule has 18 heteroatoms. The van der Waals surface area contributed by atoms with E-state index in [4.69, 9.17) is 20.4 Å². The molecule has 0 aromatic heterocycles. The van der Waals surface area contributed by atoms with Crippen LogP contribution in [0.5, 0.6) is 0 Å². The van der Waals surface area contributed by atoms with Gasteiger partial charge < -0.3 is 45.6 Å². The Morgan fingerprint density at radius 3 is 1.38 bits per heavy atom. The number of halogens is 6. The number of hydrogen-bond donors (Lipinski definition) is 9. The summed E-state index contributed by atoms with van der Waals surface area (Å²) in [5.41, 5.74) is 0. The van der Waals surface area contributed by atoms with E-state index in [-0.39, 0.29) is 0 Å². The predicted octanol–water partition coefficient (Wildman–Crippen LogP) is -3.93. The molecule has 1 saturated heterocycles. The van der Waals surface area contributed by atoms with Gasteiger partial charge in [-0.05, 0) is 0 Å². The van der Waals surface area contributed by atoms with Crippen molar-refractivity contribution in [3.05, 3.63) is 0 Å². The standard InChI is InChI=1S/C8H10F6N2O10/c9-3(10,11)1(4(12,13)14)26-2(17)16-7(22,23)5(18,19)15-6(20,21)8(16,24)25/h1,15,18-25H. The second kappa shape index (κ2) is 5.74. The molecule has 0 atom stereocenters. The zero-order chi connectivity index (χ0) is 21.1. The van der Waals surface area contributed by atoms with Gasteiger partial charge in [-0.2, -0.15) is 31.2 Å². The van der Waals surface area contributed by atoms with Crippen molar-refractivity contribution >= 4 is 6.09 Å². The van der Waals surface area contributed by atoms with E-state index >= 15 is 0 Å². The molecule has 0 bridgehead atoms. The van der Waals surface area contributed by atoms with E-state index in [9.17, 15) is 51.6 Å². The highest BCUT2D eigenvalue weighted by atomic mass is 19.4. The SMILES string of the molecule is O=C(OC(C(F)(F)F)C(F)(F)F)N1C(O)(O)C(O)(O)NC(O)(O)C1(O)O. The Balaban J connectivity index is 3.42. The third-order valence-electron chi connectivity index (χ3n) is 2.90. The molecule has 0 spiro atoms. The third kappa shape index (κ3) is 3.50. The summed E-state index contributed by atoms with van der Waals surface area (Å²) in [5.74, 6) is -18.8. The summed E-state index contributed by atoms with van der Waals surface area (Å²) in [5, 5.41) is 74.5. The van der Waals surface area contributed by atoms with Crippen molar-refractivity contribution < 1.29 is 76.7 Å². The predicted molar refractivity (Wildman–Crippen MR) is 56.0 cm³/mol. The highest BCUT2D eigenvalue weighted by Crippen LogP contribution is 2.40.